The Balaban J connectivity index is 1.50. The third-order valence-corrected chi connectivity index (χ3v) is 4.49. The van der Waals surface area contributed by atoms with E-state index in [0.29, 0.717) is 26.1 Å². The van der Waals surface area contributed by atoms with E-state index in [9.17, 15) is 9.59 Å². The van der Waals surface area contributed by atoms with Gasteiger partial charge >= 0.3 is 6.03 Å². The molecule has 3 rings (SSSR count). The van der Waals surface area contributed by atoms with Gasteiger partial charge in [0.25, 0.3) is 0 Å². The Morgan fingerprint density at radius 1 is 1.15 bits per heavy atom. The van der Waals surface area contributed by atoms with Crippen molar-refractivity contribution in [1.29, 1.82) is 0 Å². The van der Waals surface area contributed by atoms with E-state index in [2.05, 4.69) is 10.6 Å². The molecule has 0 radical (unpaired) electrons. The average molecular weight is 367 g/mol. The summed E-state index contributed by atoms with van der Waals surface area (Å²) >= 11 is 0. The summed E-state index contributed by atoms with van der Waals surface area (Å²) in [5, 5.41) is 5.72. The second kappa shape index (κ2) is 8.58. The number of urea groups is 1. The Morgan fingerprint density at radius 3 is 2.52 bits per heavy atom. The molecular formula is C21H25N3O3. The van der Waals surface area contributed by atoms with Gasteiger partial charge in [-0.05, 0) is 43.7 Å². The number of carbonyl (C=O) groups is 2. The van der Waals surface area contributed by atoms with E-state index in [1.165, 1.54) is 5.56 Å². The van der Waals surface area contributed by atoms with Crippen LogP contribution in [0.1, 0.15) is 24.5 Å². The number of aryl methyl sites for hydroxylation is 1. The molecule has 2 aromatic rings. The molecule has 142 valence electrons. The van der Waals surface area contributed by atoms with Crippen molar-refractivity contribution in [2.75, 3.05) is 18.1 Å². The zero-order valence-electron chi connectivity index (χ0n) is 15.7. The van der Waals surface area contributed by atoms with Crippen molar-refractivity contribution in [3.63, 3.8) is 0 Å². The van der Waals surface area contributed by atoms with Crippen LogP contribution in [-0.2, 0) is 11.3 Å². The first-order valence-corrected chi connectivity index (χ1v) is 9.18. The van der Waals surface area contributed by atoms with Crippen molar-refractivity contribution in [3.8, 4) is 5.75 Å². The molecule has 0 aliphatic carbocycles. The van der Waals surface area contributed by atoms with E-state index in [1.807, 2.05) is 62.4 Å². The van der Waals surface area contributed by atoms with Gasteiger partial charge in [-0.25, -0.2) is 4.79 Å². The van der Waals surface area contributed by atoms with E-state index in [4.69, 9.17) is 4.74 Å². The fourth-order valence-corrected chi connectivity index (χ4v) is 3.07. The molecule has 3 amide bonds. The largest absolute Gasteiger partial charge is 0.494 e. The molecule has 0 spiro atoms. The Bertz CT molecular complexity index is 787. The van der Waals surface area contributed by atoms with E-state index in [-0.39, 0.29) is 18.0 Å². The summed E-state index contributed by atoms with van der Waals surface area (Å²) < 4.78 is 5.43. The minimum atomic E-state index is -0.262. The van der Waals surface area contributed by atoms with E-state index in [1.54, 1.807) is 4.90 Å². The molecular weight excluding hydrogens is 342 g/mol. The number of benzene rings is 2. The van der Waals surface area contributed by atoms with Crippen LogP contribution < -0.4 is 20.3 Å². The lowest BCUT2D eigenvalue weighted by Crippen LogP contribution is -2.43. The number of amides is 3. The summed E-state index contributed by atoms with van der Waals surface area (Å²) in [4.78, 5) is 26.1. The van der Waals surface area contributed by atoms with Crippen molar-refractivity contribution < 1.29 is 14.3 Å². The number of nitrogens with zero attached hydrogens (tertiary/aromatic N) is 1. The molecule has 2 aromatic carbocycles. The fourth-order valence-electron chi connectivity index (χ4n) is 3.07. The summed E-state index contributed by atoms with van der Waals surface area (Å²) in [6.45, 7) is 5.47. The fraction of sp³-hybridized carbons (Fsp3) is 0.333. The smallest absolute Gasteiger partial charge is 0.315 e. The number of carbonyl (C=O) groups excluding carboxylic acids is 2. The maximum absolute atomic E-state index is 12.3. The molecule has 27 heavy (non-hydrogen) atoms. The molecule has 1 aliphatic heterocycles. The number of ether oxygens (including phenoxy) is 1. The number of rotatable bonds is 6. The highest BCUT2D eigenvalue weighted by Crippen LogP contribution is 2.24. The Morgan fingerprint density at radius 2 is 1.85 bits per heavy atom. The van der Waals surface area contributed by atoms with Crippen molar-refractivity contribution in [2.24, 2.45) is 0 Å². The van der Waals surface area contributed by atoms with Gasteiger partial charge in [-0.15, -0.1) is 0 Å². The van der Waals surface area contributed by atoms with Crippen molar-refractivity contribution in [3.05, 3.63) is 59.7 Å². The zero-order chi connectivity index (χ0) is 19.2. The first-order chi connectivity index (χ1) is 13.0. The quantitative estimate of drug-likeness (QED) is 0.825. The van der Waals surface area contributed by atoms with E-state index in [0.717, 1.165) is 17.0 Å². The van der Waals surface area contributed by atoms with Crippen LogP contribution in [0.2, 0.25) is 0 Å². The van der Waals surface area contributed by atoms with Crippen LogP contribution in [0.15, 0.2) is 48.5 Å². The molecule has 6 nitrogen and oxygen atoms in total. The number of hydrogen-bond acceptors (Lipinski definition) is 3. The number of nitrogens with one attached hydrogen (secondary N) is 2. The van der Waals surface area contributed by atoms with Gasteiger partial charge in [0.2, 0.25) is 5.91 Å². The third-order valence-electron chi connectivity index (χ3n) is 4.49. The van der Waals surface area contributed by atoms with Gasteiger partial charge in [0, 0.05) is 25.2 Å². The SMILES string of the molecule is CCOc1ccc(N2C[C@H](NC(=O)NCc3ccc(C)cc3)CC2=O)cc1. The molecule has 6 heteroatoms. The Labute approximate surface area is 159 Å². The van der Waals surface area contributed by atoms with Crippen LogP contribution in [0.3, 0.4) is 0 Å². The summed E-state index contributed by atoms with van der Waals surface area (Å²) in [7, 11) is 0. The zero-order valence-corrected chi connectivity index (χ0v) is 15.7. The van der Waals surface area contributed by atoms with Gasteiger partial charge in [-0.3, -0.25) is 4.79 Å². The monoisotopic (exact) mass is 367 g/mol. The van der Waals surface area contributed by atoms with Crippen LogP contribution in [0, 0.1) is 6.92 Å². The molecule has 2 N–H and O–H groups in total. The molecule has 0 saturated carbocycles. The maximum atomic E-state index is 12.3. The second-order valence-corrected chi connectivity index (χ2v) is 6.64. The third kappa shape index (κ3) is 5.00. The molecule has 1 fully saturated rings. The topological polar surface area (TPSA) is 70.7 Å². The van der Waals surface area contributed by atoms with Gasteiger partial charge < -0.3 is 20.3 Å². The number of anilines is 1. The van der Waals surface area contributed by atoms with Crippen molar-refractivity contribution in [1.82, 2.24) is 10.6 Å². The Hall–Kier alpha value is -3.02. The predicted octanol–water partition coefficient (Wildman–Crippen LogP) is 3.00. The molecule has 0 unspecified atom stereocenters. The van der Waals surface area contributed by atoms with E-state index < -0.39 is 0 Å². The molecule has 1 heterocycles. The normalized spacial score (nSPS) is 16.3. The summed E-state index contributed by atoms with van der Waals surface area (Å²) in [5.41, 5.74) is 3.03. The summed E-state index contributed by atoms with van der Waals surface area (Å²) in [5.74, 6) is 0.779. The lowest BCUT2D eigenvalue weighted by Gasteiger charge is -2.18. The highest BCUT2D eigenvalue weighted by atomic mass is 16.5. The van der Waals surface area contributed by atoms with Gasteiger partial charge in [0.15, 0.2) is 0 Å². The van der Waals surface area contributed by atoms with Crippen LogP contribution in [0.4, 0.5) is 10.5 Å². The molecule has 0 aromatic heterocycles. The predicted molar refractivity (Wildman–Crippen MR) is 105 cm³/mol. The standard InChI is InChI=1S/C21H25N3O3/c1-3-27-19-10-8-18(9-11-19)24-14-17(12-20(24)25)23-21(26)22-13-16-6-4-15(2)5-7-16/h4-11,17H,3,12-14H2,1-2H3,(H2,22,23,26)/t17-/m1/s1. The second-order valence-electron chi connectivity index (χ2n) is 6.64. The van der Waals surface area contributed by atoms with Crippen LogP contribution in [0.5, 0.6) is 5.75 Å². The first kappa shape index (κ1) is 18.8. The molecule has 0 bridgehead atoms. The number of hydrogen-bond donors (Lipinski definition) is 2. The molecule has 1 atom stereocenters. The highest BCUT2D eigenvalue weighted by Gasteiger charge is 2.31. The van der Waals surface area contributed by atoms with Gasteiger partial charge in [-0.1, -0.05) is 29.8 Å². The average Bonchev–Trinajstić information content (AvgIpc) is 3.02. The Kier molecular flexibility index (Phi) is 5.96. The van der Waals surface area contributed by atoms with Crippen LogP contribution in [-0.4, -0.2) is 31.1 Å². The summed E-state index contributed by atoms with van der Waals surface area (Å²) in [6.07, 6.45) is 0.297. The molecule has 1 saturated heterocycles. The van der Waals surface area contributed by atoms with Crippen molar-refractivity contribution >= 4 is 17.6 Å². The lowest BCUT2D eigenvalue weighted by atomic mass is 10.1. The minimum Gasteiger partial charge on any atom is -0.494 e. The van der Waals surface area contributed by atoms with E-state index >= 15 is 0 Å². The van der Waals surface area contributed by atoms with Gasteiger partial charge in [-0.2, -0.15) is 0 Å². The van der Waals surface area contributed by atoms with Gasteiger partial charge in [0.1, 0.15) is 5.75 Å². The van der Waals surface area contributed by atoms with Crippen LogP contribution >= 0.6 is 0 Å². The van der Waals surface area contributed by atoms with Crippen molar-refractivity contribution in [2.45, 2.75) is 32.9 Å². The summed E-state index contributed by atoms with van der Waals surface area (Å²) in [6, 6.07) is 15.0. The highest BCUT2D eigenvalue weighted by molar-refractivity contribution is 5.96. The first-order valence-electron chi connectivity index (χ1n) is 9.18. The lowest BCUT2D eigenvalue weighted by molar-refractivity contribution is -0.117. The van der Waals surface area contributed by atoms with Gasteiger partial charge in [0.05, 0.1) is 12.6 Å². The maximum Gasteiger partial charge on any atom is 0.315 e. The van der Waals surface area contributed by atoms with Crippen LogP contribution in [0.25, 0.3) is 0 Å². The minimum absolute atomic E-state index is 0.00277. The molecule has 1 aliphatic rings.